The van der Waals surface area contributed by atoms with Crippen molar-refractivity contribution >= 4 is 6.09 Å². The number of hydrogen-bond acceptors (Lipinski definition) is 6. The van der Waals surface area contributed by atoms with Gasteiger partial charge in [0.15, 0.2) is 0 Å². The quantitative estimate of drug-likeness (QED) is 0.754. The Labute approximate surface area is 129 Å². The molecule has 1 amide bonds. The minimum absolute atomic E-state index is 0.141. The maximum Gasteiger partial charge on any atom is 0.407 e. The van der Waals surface area contributed by atoms with E-state index in [2.05, 4.69) is 10.3 Å². The summed E-state index contributed by atoms with van der Waals surface area (Å²) in [4.78, 5) is 15.3. The highest BCUT2D eigenvalue weighted by Crippen LogP contribution is 2.16. The van der Waals surface area contributed by atoms with Crippen LogP contribution in [0.3, 0.4) is 0 Å². The van der Waals surface area contributed by atoms with Gasteiger partial charge >= 0.3 is 6.09 Å². The van der Waals surface area contributed by atoms with E-state index in [1.165, 1.54) is 18.3 Å². The van der Waals surface area contributed by atoms with Gasteiger partial charge in [-0.05, 0) is 39.3 Å². The summed E-state index contributed by atoms with van der Waals surface area (Å²) < 4.78 is 5.05. The summed E-state index contributed by atoms with van der Waals surface area (Å²) in [5.41, 5.74) is 0.0510. The van der Waals surface area contributed by atoms with Crippen LogP contribution in [0.25, 0.3) is 0 Å². The summed E-state index contributed by atoms with van der Waals surface area (Å²) in [5.74, 6) is 0. The minimum Gasteiger partial charge on any atom is -0.444 e. The summed E-state index contributed by atoms with van der Waals surface area (Å²) in [6.45, 7) is 5.41. The molecule has 120 valence electrons. The van der Waals surface area contributed by atoms with Gasteiger partial charge in [0.05, 0.1) is 17.4 Å². The van der Waals surface area contributed by atoms with E-state index in [1.807, 2.05) is 6.07 Å². The van der Waals surface area contributed by atoms with Crippen LogP contribution in [0.2, 0.25) is 0 Å². The number of rotatable bonds is 5. The number of carbonyl (C=O) groups is 1. The Kier molecular flexibility index (Phi) is 6.28. The van der Waals surface area contributed by atoms with Crippen LogP contribution in [0.5, 0.6) is 0 Å². The first-order valence-electron chi connectivity index (χ1n) is 6.92. The fourth-order valence-corrected chi connectivity index (χ4v) is 1.64. The van der Waals surface area contributed by atoms with Crippen LogP contribution >= 0.6 is 0 Å². The lowest BCUT2D eigenvalue weighted by Crippen LogP contribution is -2.34. The molecule has 0 aromatic carbocycles. The first kappa shape index (κ1) is 17.9. The Bertz CT molecular complexity index is 531. The SMILES string of the molecule is CC(C)(C)OC(=O)NCCC(O)C(O)c1ccc(C#N)cn1. The third-order valence-corrected chi connectivity index (χ3v) is 2.69. The molecule has 22 heavy (non-hydrogen) atoms. The number of alkyl carbamates (subject to hydrolysis) is 1. The molecule has 2 unspecified atom stereocenters. The molecule has 0 aliphatic carbocycles. The van der Waals surface area contributed by atoms with E-state index in [4.69, 9.17) is 10.00 Å². The molecule has 2 atom stereocenters. The van der Waals surface area contributed by atoms with Crippen molar-refractivity contribution in [3.05, 3.63) is 29.6 Å². The number of ether oxygens (including phenoxy) is 1. The summed E-state index contributed by atoms with van der Waals surface area (Å²) in [5, 5.41) is 31.0. The highest BCUT2D eigenvalue weighted by molar-refractivity contribution is 5.67. The van der Waals surface area contributed by atoms with Crippen molar-refractivity contribution in [3.63, 3.8) is 0 Å². The number of nitrogens with zero attached hydrogens (tertiary/aromatic N) is 2. The number of carbonyl (C=O) groups excluding carboxylic acids is 1. The number of aromatic nitrogens is 1. The lowest BCUT2D eigenvalue weighted by atomic mass is 10.1. The van der Waals surface area contributed by atoms with Crippen LogP contribution in [-0.2, 0) is 4.74 Å². The van der Waals surface area contributed by atoms with E-state index in [0.717, 1.165) is 0 Å². The number of pyridine rings is 1. The van der Waals surface area contributed by atoms with Gasteiger partial charge in [-0.15, -0.1) is 0 Å². The normalized spacial score (nSPS) is 13.8. The molecule has 0 aliphatic heterocycles. The molecule has 0 fully saturated rings. The molecule has 7 nitrogen and oxygen atoms in total. The largest absolute Gasteiger partial charge is 0.444 e. The Balaban J connectivity index is 2.42. The zero-order valence-electron chi connectivity index (χ0n) is 12.9. The van der Waals surface area contributed by atoms with Gasteiger partial charge in [-0.25, -0.2) is 4.79 Å². The predicted molar refractivity (Wildman–Crippen MR) is 78.8 cm³/mol. The topological polar surface area (TPSA) is 115 Å². The Morgan fingerprint density at radius 1 is 1.45 bits per heavy atom. The standard InChI is InChI=1S/C15H21N3O4/c1-15(2,3)22-14(21)17-7-6-12(19)13(20)11-5-4-10(8-16)9-18-11/h4-5,9,12-13,19-20H,6-7H2,1-3H3,(H,17,21). The Hall–Kier alpha value is -2.17. The van der Waals surface area contributed by atoms with Gasteiger partial charge in [-0.3, -0.25) is 4.98 Å². The monoisotopic (exact) mass is 307 g/mol. The van der Waals surface area contributed by atoms with E-state index in [0.29, 0.717) is 5.56 Å². The molecule has 3 N–H and O–H groups in total. The summed E-state index contributed by atoms with van der Waals surface area (Å²) in [7, 11) is 0. The molecule has 0 saturated heterocycles. The molecule has 0 bridgehead atoms. The molecule has 1 aromatic heterocycles. The molecule has 1 aromatic rings. The molecular weight excluding hydrogens is 286 g/mol. The minimum atomic E-state index is -1.19. The number of nitrogens with one attached hydrogen (secondary N) is 1. The van der Waals surface area contributed by atoms with Crippen LogP contribution in [0.1, 0.15) is 44.6 Å². The van der Waals surface area contributed by atoms with Gasteiger partial charge in [0.1, 0.15) is 17.8 Å². The average Bonchev–Trinajstić information content (AvgIpc) is 2.44. The number of aliphatic hydroxyl groups excluding tert-OH is 2. The van der Waals surface area contributed by atoms with Crippen molar-refractivity contribution in [2.75, 3.05) is 6.54 Å². The second kappa shape index (κ2) is 7.73. The van der Waals surface area contributed by atoms with E-state index in [9.17, 15) is 15.0 Å². The van der Waals surface area contributed by atoms with Gasteiger partial charge in [0.25, 0.3) is 0 Å². The van der Waals surface area contributed by atoms with E-state index in [-0.39, 0.29) is 18.7 Å². The van der Waals surface area contributed by atoms with Gasteiger partial charge in [-0.1, -0.05) is 0 Å². The number of nitriles is 1. The lowest BCUT2D eigenvalue weighted by Gasteiger charge is -2.21. The summed E-state index contributed by atoms with van der Waals surface area (Å²) in [6.07, 6.45) is -1.39. The number of hydrogen-bond donors (Lipinski definition) is 3. The predicted octanol–water partition coefficient (Wildman–Crippen LogP) is 1.26. The van der Waals surface area contributed by atoms with Crippen molar-refractivity contribution in [1.29, 1.82) is 5.26 Å². The second-order valence-electron chi connectivity index (χ2n) is 5.81. The summed E-state index contributed by atoms with van der Waals surface area (Å²) in [6, 6.07) is 4.91. The van der Waals surface area contributed by atoms with Crippen LogP contribution in [-0.4, -0.2) is 39.5 Å². The maximum absolute atomic E-state index is 11.4. The first-order chi connectivity index (χ1) is 10.2. The maximum atomic E-state index is 11.4. The Morgan fingerprint density at radius 2 is 2.14 bits per heavy atom. The van der Waals surface area contributed by atoms with Crippen molar-refractivity contribution in [2.24, 2.45) is 0 Å². The molecule has 1 rings (SSSR count). The van der Waals surface area contributed by atoms with Crippen LogP contribution in [0.4, 0.5) is 4.79 Å². The van der Waals surface area contributed by atoms with E-state index >= 15 is 0 Å². The van der Waals surface area contributed by atoms with Crippen LogP contribution < -0.4 is 5.32 Å². The zero-order valence-corrected chi connectivity index (χ0v) is 12.9. The molecule has 0 saturated carbocycles. The number of amides is 1. The van der Waals surface area contributed by atoms with Crippen LogP contribution in [0, 0.1) is 11.3 Å². The van der Waals surface area contributed by atoms with Crippen molar-refractivity contribution in [2.45, 2.75) is 45.0 Å². The second-order valence-corrected chi connectivity index (χ2v) is 5.81. The van der Waals surface area contributed by atoms with Gasteiger partial charge in [0.2, 0.25) is 0 Å². The molecule has 0 radical (unpaired) electrons. The van der Waals surface area contributed by atoms with Gasteiger partial charge in [0, 0.05) is 12.7 Å². The average molecular weight is 307 g/mol. The highest BCUT2D eigenvalue weighted by atomic mass is 16.6. The molecular formula is C15H21N3O4. The van der Waals surface area contributed by atoms with Crippen molar-refractivity contribution in [1.82, 2.24) is 10.3 Å². The first-order valence-corrected chi connectivity index (χ1v) is 6.92. The van der Waals surface area contributed by atoms with E-state index < -0.39 is 23.9 Å². The molecule has 7 heteroatoms. The van der Waals surface area contributed by atoms with Gasteiger partial charge < -0.3 is 20.3 Å². The molecule has 0 spiro atoms. The summed E-state index contributed by atoms with van der Waals surface area (Å²) >= 11 is 0. The molecule has 0 aliphatic rings. The fraction of sp³-hybridized carbons (Fsp3) is 0.533. The number of aliphatic hydroxyl groups is 2. The van der Waals surface area contributed by atoms with Crippen molar-refractivity contribution in [3.8, 4) is 6.07 Å². The smallest absolute Gasteiger partial charge is 0.407 e. The zero-order chi connectivity index (χ0) is 16.8. The highest BCUT2D eigenvalue weighted by Gasteiger charge is 2.20. The third kappa shape index (κ3) is 6.08. The molecule has 1 heterocycles. The fourth-order valence-electron chi connectivity index (χ4n) is 1.64. The third-order valence-electron chi connectivity index (χ3n) is 2.69. The van der Waals surface area contributed by atoms with Crippen molar-refractivity contribution < 1.29 is 19.7 Å². The Morgan fingerprint density at radius 3 is 2.64 bits per heavy atom. The van der Waals surface area contributed by atoms with Gasteiger partial charge in [-0.2, -0.15) is 5.26 Å². The van der Waals surface area contributed by atoms with Crippen LogP contribution in [0.15, 0.2) is 18.3 Å². The van der Waals surface area contributed by atoms with E-state index in [1.54, 1.807) is 20.8 Å². The lowest BCUT2D eigenvalue weighted by molar-refractivity contribution is 0.00993.